The first kappa shape index (κ1) is 24.0. The molecule has 0 aliphatic carbocycles. The second-order valence-corrected chi connectivity index (χ2v) is 10.1. The molecule has 1 aromatic carbocycles. The van der Waals surface area contributed by atoms with Crippen molar-refractivity contribution in [2.24, 2.45) is 11.8 Å². The maximum absolute atomic E-state index is 13.2. The highest BCUT2D eigenvalue weighted by Crippen LogP contribution is 2.35. The number of benzene rings is 1. The van der Waals surface area contributed by atoms with Crippen LogP contribution in [-0.4, -0.2) is 40.5 Å². The quantitative estimate of drug-likeness (QED) is 0.650. The van der Waals surface area contributed by atoms with Crippen LogP contribution in [0.1, 0.15) is 57.2 Å². The lowest BCUT2D eigenvalue weighted by Crippen LogP contribution is -2.56. The van der Waals surface area contributed by atoms with Gasteiger partial charge in [0, 0.05) is 43.0 Å². The molecule has 7 nitrogen and oxygen atoms in total. The van der Waals surface area contributed by atoms with Crippen molar-refractivity contribution in [3.63, 3.8) is 0 Å². The van der Waals surface area contributed by atoms with E-state index in [-0.39, 0.29) is 35.3 Å². The van der Waals surface area contributed by atoms with Gasteiger partial charge in [-0.3, -0.25) is 9.59 Å². The normalized spacial score (nSPS) is 19.9. The van der Waals surface area contributed by atoms with E-state index in [1.807, 2.05) is 53.6 Å². The number of aryl methyl sites for hydroxylation is 1. The average molecular weight is 465 g/mol. The molecule has 2 bridgehead atoms. The molecule has 0 unspecified atom stereocenters. The van der Waals surface area contributed by atoms with E-state index in [2.05, 4.69) is 17.6 Å². The van der Waals surface area contributed by atoms with E-state index in [0.717, 1.165) is 37.1 Å². The van der Waals surface area contributed by atoms with Gasteiger partial charge in [-0.1, -0.05) is 45.4 Å². The molecular weight excluding hydrogens is 428 g/mol. The van der Waals surface area contributed by atoms with E-state index < -0.39 is 6.04 Å². The van der Waals surface area contributed by atoms with Crippen molar-refractivity contribution in [3.05, 3.63) is 64.1 Å². The van der Waals surface area contributed by atoms with Crippen LogP contribution in [0.3, 0.4) is 0 Å². The first-order chi connectivity index (χ1) is 16.4. The van der Waals surface area contributed by atoms with Crippen molar-refractivity contribution < 1.29 is 9.59 Å². The molecule has 1 fully saturated rings. The topological polar surface area (TPSA) is 83.4 Å². The number of amides is 3. The van der Waals surface area contributed by atoms with Crippen molar-refractivity contribution in [3.8, 4) is 0 Å². The van der Waals surface area contributed by atoms with Crippen LogP contribution in [0.4, 0.5) is 10.5 Å². The van der Waals surface area contributed by atoms with Crippen molar-refractivity contribution >= 4 is 17.6 Å². The molecule has 2 aromatic rings. The van der Waals surface area contributed by atoms with E-state index in [4.69, 9.17) is 0 Å². The summed E-state index contributed by atoms with van der Waals surface area (Å²) in [5, 5.41) is 5.94. The van der Waals surface area contributed by atoms with Crippen LogP contribution >= 0.6 is 0 Å². The zero-order chi connectivity index (χ0) is 24.2. The molecule has 182 valence electrons. The van der Waals surface area contributed by atoms with Crippen LogP contribution in [0, 0.1) is 11.8 Å². The Morgan fingerprint density at radius 2 is 1.82 bits per heavy atom. The number of fused-ring (bicyclic) bond motifs is 4. The SMILES string of the molecule is CCCCc1ccc(NC(=O)[C@@H](NC(=O)N2C[C@H]3C[C@@H](C2)c2cccc(=O)n2C3)C(C)C)cc1. The fourth-order valence-electron chi connectivity index (χ4n) is 5.18. The fourth-order valence-corrected chi connectivity index (χ4v) is 5.18. The maximum Gasteiger partial charge on any atom is 0.318 e. The number of nitrogens with one attached hydrogen (secondary N) is 2. The lowest BCUT2D eigenvalue weighted by molar-refractivity contribution is -0.118. The third kappa shape index (κ3) is 5.34. The number of likely N-dealkylation sites (tertiary alicyclic amines) is 1. The smallest absolute Gasteiger partial charge is 0.318 e. The number of pyridine rings is 1. The Kier molecular flexibility index (Phi) is 7.39. The lowest BCUT2D eigenvalue weighted by Gasteiger charge is -2.43. The van der Waals surface area contributed by atoms with Gasteiger partial charge in [-0.25, -0.2) is 4.79 Å². The summed E-state index contributed by atoms with van der Waals surface area (Å²) in [6, 6.07) is 12.5. The van der Waals surface area contributed by atoms with Crippen LogP contribution in [0.2, 0.25) is 0 Å². The van der Waals surface area contributed by atoms with Crippen molar-refractivity contribution in [1.82, 2.24) is 14.8 Å². The molecule has 4 rings (SSSR count). The number of urea groups is 1. The third-order valence-corrected chi connectivity index (χ3v) is 7.04. The van der Waals surface area contributed by atoms with E-state index >= 15 is 0 Å². The maximum atomic E-state index is 13.2. The summed E-state index contributed by atoms with van der Waals surface area (Å²) in [6.45, 7) is 7.83. The molecular formula is C27H36N4O3. The third-order valence-electron chi connectivity index (χ3n) is 7.04. The molecule has 2 aliphatic rings. The Morgan fingerprint density at radius 3 is 2.53 bits per heavy atom. The van der Waals surface area contributed by atoms with Gasteiger partial charge in [-0.2, -0.15) is 0 Å². The van der Waals surface area contributed by atoms with Crippen LogP contribution in [0.5, 0.6) is 0 Å². The highest BCUT2D eigenvalue weighted by molar-refractivity contribution is 5.97. The van der Waals surface area contributed by atoms with Crippen molar-refractivity contribution in [2.75, 3.05) is 18.4 Å². The molecule has 3 heterocycles. The number of carbonyl (C=O) groups is 2. The predicted molar refractivity (Wildman–Crippen MR) is 134 cm³/mol. The largest absolute Gasteiger partial charge is 0.326 e. The Bertz CT molecular complexity index is 1080. The van der Waals surface area contributed by atoms with Gasteiger partial charge in [-0.15, -0.1) is 0 Å². The molecule has 1 saturated heterocycles. The fraction of sp³-hybridized carbons (Fsp3) is 0.519. The van der Waals surface area contributed by atoms with E-state index in [0.29, 0.717) is 19.6 Å². The van der Waals surface area contributed by atoms with Gasteiger partial charge in [-0.05, 0) is 54.9 Å². The summed E-state index contributed by atoms with van der Waals surface area (Å²) in [4.78, 5) is 40.3. The summed E-state index contributed by atoms with van der Waals surface area (Å²) in [7, 11) is 0. The van der Waals surface area contributed by atoms with Gasteiger partial charge in [0.15, 0.2) is 0 Å². The number of piperidine rings is 1. The Hall–Kier alpha value is -3.09. The number of rotatable bonds is 7. The molecule has 34 heavy (non-hydrogen) atoms. The molecule has 3 amide bonds. The summed E-state index contributed by atoms with van der Waals surface area (Å²) < 4.78 is 1.85. The molecule has 0 spiro atoms. The Morgan fingerprint density at radius 1 is 1.06 bits per heavy atom. The van der Waals surface area contributed by atoms with Gasteiger partial charge in [0.05, 0.1) is 0 Å². The molecule has 2 N–H and O–H groups in total. The molecule has 0 saturated carbocycles. The molecule has 7 heteroatoms. The van der Waals surface area contributed by atoms with Gasteiger partial charge < -0.3 is 20.1 Å². The number of aromatic nitrogens is 1. The van der Waals surface area contributed by atoms with Crippen LogP contribution in [0.15, 0.2) is 47.3 Å². The van der Waals surface area contributed by atoms with Gasteiger partial charge >= 0.3 is 6.03 Å². The zero-order valence-corrected chi connectivity index (χ0v) is 20.4. The summed E-state index contributed by atoms with van der Waals surface area (Å²) in [5.74, 6) is 0.120. The number of carbonyl (C=O) groups excluding carboxylic acids is 2. The van der Waals surface area contributed by atoms with Crippen molar-refractivity contribution in [1.29, 1.82) is 0 Å². The van der Waals surface area contributed by atoms with E-state index in [9.17, 15) is 14.4 Å². The molecule has 0 radical (unpaired) electrons. The van der Waals surface area contributed by atoms with Crippen LogP contribution in [-0.2, 0) is 17.8 Å². The second-order valence-electron chi connectivity index (χ2n) is 10.1. The second kappa shape index (κ2) is 10.5. The standard InChI is InChI=1S/C27H36N4O3/c1-4-5-7-19-10-12-22(13-11-19)28-26(33)25(18(2)3)29-27(34)30-15-20-14-21(17-30)23-8-6-9-24(32)31(23)16-20/h6,8-13,18,20-21,25H,4-5,7,14-17H2,1-3H3,(H,28,33)(H,29,34)/t20-,21+,25+/m1/s1. The minimum atomic E-state index is -0.635. The van der Waals surface area contributed by atoms with Gasteiger partial charge in [0.2, 0.25) is 5.91 Å². The molecule has 2 aliphatic heterocycles. The number of anilines is 1. The molecule has 1 aromatic heterocycles. The lowest BCUT2D eigenvalue weighted by atomic mass is 9.83. The summed E-state index contributed by atoms with van der Waals surface area (Å²) in [5.41, 5.74) is 3.02. The number of hydrogen-bond donors (Lipinski definition) is 2. The van der Waals surface area contributed by atoms with Gasteiger partial charge in [0.25, 0.3) is 5.56 Å². The highest BCUT2D eigenvalue weighted by atomic mass is 16.2. The number of hydrogen-bond acceptors (Lipinski definition) is 3. The monoisotopic (exact) mass is 464 g/mol. The van der Waals surface area contributed by atoms with Crippen molar-refractivity contribution in [2.45, 2.75) is 65.0 Å². The summed E-state index contributed by atoms with van der Waals surface area (Å²) >= 11 is 0. The Labute approximate surface area is 201 Å². The van der Waals surface area contributed by atoms with Crippen LogP contribution in [0.25, 0.3) is 0 Å². The predicted octanol–water partition coefficient (Wildman–Crippen LogP) is 3.98. The Balaban J connectivity index is 1.39. The first-order valence-electron chi connectivity index (χ1n) is 12.5. The summed E-state index contributed by atoms with van der Waals surface area (Å²) in [6.07, 6.45) is 4.31. The number of unbranched alkanes of at least 4 members (excludes halogenated alkanes) is 1. The average Bonchev–Trinajstić information content (AvgIpc) is 2.82. The van der Waals surface area contributed by atoms with E-state index in [1.165, 1.54) is 5.56 Å². The minimum Gasteiger partial charge on any atom is -0.326 e. The van der Waals surface area contributed by atoms with E-state index in [1.54, 1.807) is 12.1 Å². The first-order valence-corrected chi connectivity index (χ1v) is 12.5. The zero-order valence-electron chi connectivity index (χ0n) is 20.4. The minimum absolute atomic E-state index is 0.0278. The highest BCUT2D eigenvalue weighted by Gasteiger charge is 2.37. The van der Waals surface area contributed by atoms with Gasteiger partial charge in [0.1, 0.15) is 6.04 Å². The van der Waals surface area contributed by atoms with Crippen LogP contribution < -0.4 is 16.2 Å². The molecule has 3 atom stereocenters. The number of nitrogens with zero attached hydrogens (tertiary/aromatic N) is 2.